The van der Waals surface area contributed by atoms with Crippen molar-refractivity contribution in [2.24, 2.45) is 0 Å². The second kappa shape index (κ2) is 4.35. The molecule has 1 aromatic rings. The first kappa shape index (κ1) is 10.7. The first-order chi connectivity index (χ1) is 7.70. The summed E-state index contributed by atoms with van der Waals surface area (Å²) in [6.45, 7) is 0. The van der Waals surface area contributed by atoms with E-state index in [2.05, 4.69) is 5.32 Å². The summed E-state index contributed by atoms with van der Waals surface area (Å²) in [4.78, 5) is 23.2. The van der Waals surface area contributed by atoms with E-state index in [0.29, 0.717) is 11.3 Å². The molecule has 0 radical (unpaired) electrons. The summed E-state index contributed by atoms with van der Waals surface area (Å²) in [5.41, 5.74) is 0.359. The predicted octanol–water partition coefficient (Wildman–Crippen LogP) is 1.16. The van der Waals surface area contributed by atoms with E-state index in [1.165, 1.54) is 7.11 Å². The second-order valence-electron chi connectivity index (χ2n) is 3.81. The Morgan fingerprint density at radius 2 is 2.12 bits per heavy atom. The second-order valence-corrected chi connectivity index (χ2v) is 3.81. The zero-order valence-electron chi connectivity index (χ0n) is 9.03. The smallest absolute Gasteiger partial charge is 0.292 e. The van der Waals surface area contributed by atoms with Crippen LogP contribution in [0.25, 0.3) is 0 Å². The molecule has 0 spiro atoms. The molecule has 0 aromatic heterocycles. The van der Waals surface area contributed by atoms with E-state index in [-0.39, 0.29) is 6.04 Å². The monoisotopic (exact) mass is 219 g/mol. The zero-order valence-corrected chi connectivity index (χ0v) is 9.03. The zero-order chi connectivity index (χ0) is 11.5. The summed E-state index contributed by atoms with van der Waals surface area (Å²) in [5, 5.41) is 2.66. The molecule has 84 valence electrons. The number of methoxy groups -OCH3 is 1. The SMILES string of the molecule is COc1cccc(C(=O)C(=O)NC2CC2)c1. The molecular formula is C12H13NO3. The van der Waals surface area contributed by atoms with Crippen LogP contribution in [-0.2, 0) is 4.79 Å². The number of carbonyl (C=O) groups excluding carboxylic acids is 2. The van der Waals surface area contributed by atoms with Gasteiger partial charge in [0, 0.05) is 11.6 Å². The number of carbonyl (C=O) groups is 2. The number of hydrogen-bond donors (Lipinski definition) is 1. The minimum atomic E-state index is -0.532. The van der Waals surface area contributed by atoms with Crippen LogP contribution in [0.15, 0.2) is 24.3 Å². The molecule has 16 heavy (non-hydrogen) atoms. The Morgan fingerprint density at radius 1 is 1.38 bits per heavy atom. The molecule has 0 aliphatic heterocycles. The van der Waals surface area contributed by atoms with Crippen molar-refractivity contribution in [2.45, 2.75) is 18.9 Å². The minimum Gasteiger partial charge on any atom is -0.497 e. The Balaban J connectivity index is 2.09. The number of nitrogens with one attached hydrogen (secondary N) is 1. The number of hydrogen-bond acceptors (Lipinski definition) is 3. The summed E-state index contributed by atoms with van der Waals surface area (Å²) in [6, 6.07) is 6.79. The van der Waals surface area contributed by atoms with Gasteiger partial charge in [-0.1, -0.05) is 12.1 Å². The van der Waals surface area contributed by atoms with Gasteiger partial charge in [0.05, 0.1) is 7.11 Å². The third kappa shape index (κ3) is 2.39. The van der Waals surface area contributed by atoms with Crippen LogP contribution in [0.3, 0.4) is 0 Å². The molecule has 1 aliphatic rings. The fourth-order valence-electron chi connectivity index (χ4n) is 1.37. The first-order valence-electron chi connectivity index (χ1n) is 5.20. The van der Waals surface area contributed by atoms with Gasteiger partial charge < -0.3 is 10.1 Å². The number of ketones is 1. The molecule has 0 heterocycles. The van der Waals surface area contributed by atoms with Crippen molar-refractivity contribution >= 4 is 11.7 Å². The molecule has 0 saturated heterocycles. The molecule has 1 aliphatic carbocycles. The van der Waals surface area contributed by atoms with Crippen LogP contribution < -0.4 is 10.1 Å². The van der Waals surface area contributed by atoms with Gasteiger partial charge >= 0.3 is 0 Å². The van der Waals surface area contributed by atoms with Gasteiger partial charge in [0.15, 0.2) is 0 Å². The molecule has 4 nitrogen and oxygen atoms in total. The number of Topliss-reactive ketones (excluding diaryl/α,β-unsaturated/α-hetero) is 1. The molecule has 2 rings (SSSR count). The van der Waals surface area contributed by atoms with E-state index in [1.807, 2.05) is 0 Å². The molecular weight excluding hydrogens is 206 g/mol. The van der Waals surface area contributed by atoms with Crippen molar-refractivity contribution in [2.75, 3.05) is 7.11 Å². The molecule has 0 unspecified atom stereocenters. The van der Waals surface area contributed by atoms with Gasteiger partial charge in [-0.25, -0.2) is 0 Å². The Labute approximate surface area is 93.6 Å². The van der Waals surface area contributed by atoms with Gasteiger partial charge in [-0.05, 0) is 25.0 Å². The van der Waals surface area contributed by atoms with Crippen molar-refractivity contribution in [3.8, 4) is 5.75 Å². The van der Waals surface area contributed by atoms with E-state index >= 15 is 0 Å². The maximum Gasteiger partial charge on any atom is 0.292 e. The van der Waals surface area contributed by atoms with Crippen LogP contribution in [0.4, 0.5) is 0 Å². The van der Waals surface area contributed by atoms with Crippen LogP contribution in [0.1, 0.15) is 23.2 Å². The normalized spacial score (nSPS) is 14.3. The molecule has 1 amide bonds. The standard InChI is InChI=1S/C12H13NO3/c1-16-10-4-2-3-8(7-10)11(14)12(15)13-9-5-6-9/h2-4,7,9H,5-6H2,1H3,(H,13,15). The van der Waals surface area contributed by atoms with E-state index < -0.39 is 11.7 Å². The van der Waals surface area contributed by atoms with Gasteiger partial charge in [0.1, 0.15) is 5.75 Å². The summed E-state index contributed by atoms with van der Waals surface area (Å²) in [7, 11) is 1.52. The van der Waals surface area contributed by atoms with Gasteiger partial charge in [-0.2, -0.15) is 0 Å². The molecule has 1 fully saturated rings. The molecule has 4 heteroatoms. The highest BCUT2D eigenvalue weighted by atomic mass is 16.5. The van der Waals surface area contributed by atoms with E-state index in [9.17, 15) is 9.59 Å². The molecule has 1 N–H and O–H groups in total. The highest BCUT2D eigenvalue weighted by molar-refractivity contribution is 6.42. The lowest BCUT2D eigenvalue weighted by Gasteiger charge is -2.04. The fraction of sp³-hybridized carbons (Fsp3) is 0.333. The highest BCUT2D eigenvalue weighted by Crippen LogP contribution is 2.19. The lowest BCUT2D eigenvalue weighted by atomic mass is 10.1. The first-order valence-corrected chi connectivity index (χ1v) is 5.20. The minimum absolute atomic E-state index is 0.196. The number of ether oxygens (including phenoxy) is 1. The Morgan fingerprint density at radius 3 is 2.75 bits per heavy atom. The van der Waals surface area contributed by atoms with Gasteiger partial charge in [-0.3, -0.25) is 9.59 Å². The van der Waals surface area contributed by atoms with Gasteiger partial charge in [0.2, 0.25) is 5.78 Å². The van der Waals surface area contributed by atoms with E-state index in [1.54, 1.807) is 24.3 Å². The van der Waals surface area contributed by atoms with Gasteiger partial charge in [-0.15, -0.1) is 0 Å². The topological polar surface area (TPSA) is 55.4 Å². The van der Waals surface area contributed by atoms with Crippen LogP contribution in [0.2, 0.25) is 0 Å². The molecule has 0 bridgehead atoms. The fourth-order valence-corrected chi connectivity index (χ4v) is 1.37. The quantitative estimate of drug-likeness (QED) is 0.610. The lowest BCUT2D eigenvalue weighted by molar-refractivity contribution is -0.117. The maximum absolute atomic E-state index is 11.7. The van der Waals surface area contributed by atoms with Crippen LogP contribution in [0.5, 0.6) is 5.75 Å². The van der Waals surface area contributed by atoms with Crippen molar-refractivity contribution in [1.29, 1.82) is 0 Å². The van der Waals surface area contributed by atoms with E-state index in [0.717, 1.165) is 12.8 Å². The van der Waals surface area contributed by atoms with Crippen LogP contribution in [-0.4, -0.2) is 24.8 Å². The Bertz CT molecular complexity index is 424. The van der Waals surface area contributed by atoms with Crippen molar-refractivity contribution in [1.82, 2.24) is 5.32 Å². The predicted molar refractivity (Wildman–Crippen MR) is 58.5 cm³/mol. The average molecular weight is 219 g/mol. The molecule has 0 atom stereocenters. The van der Waals surface area contributed by atoms with E-state index in [4.69, 9.17) is 4.74 Å². The third-order valence-electron chi connectivity index (χ3n) is 2.45. The third-order valence-corrected chi connectivity index (χ3v) is 2.45. The summed E-state index contributed by atoms with van der Waals surface area (Å²) in [5.74, 6) is -0.466. The van der Waals surface area contributed by atoms with Crippen molar-refractivity contribution < 1.29 is 14.3 Å². The largest absolute Gasteiger partial charge is 0.497 e. The Hall–Kier alpha value is -1.84. The number of benzene rings is 1. The maximum atomic E-state index is 11.7. The van der Waals surface area contributed by atoms with Crippen molar-refractivity contribution in [3.63, 3.8) is 0 Å². The molecule has 1 aromatic carbocycles. The van der Waals surface area contributed by atoms with Crippen LogP contribution >= 0.6 is 0 Å². The summed E-state index contributed by atoms with van der Waals surface area (Å²) < 4.78 is 4.99. The Kier molecular flexibility index (Phi) is 2.90. The molecule has 1 saturated carbocycles. The summed E-state index contributed by atoms with van der Waals surface area (Å²) in [6.07, 6.45) is 1.94. The number of amides is 1. The average Bonchev–Trinajstić information content (AvgIpc) is 3.12. The summed E-state index contributed by atoms with van der Waals surface area (Å²) >= 11 is 0. The van der Waals surface area contributed by atoms with Gasteiger partial charge in [0.25, 0.3) is 5.91 Å². The number of rotatable bonds is 4. The lowest BCUT2D eigenvalue weighted by Crippen LogP contribution is -2.32. The highest BCUT2D eigenvalue weighted by Gasteiger charge is 2.26. The van der Waals surface area contributed by atoms with Crippen molar-refractivity contribution in [3.05, 3.63) is 29.8 Å². The van der Waals surface area contributed by atoms with Crippen LogP contribution in [0, 0.1) is 0 Å².